The predicted octanol–water partition coefficient (Wildman–Crippen LogP) is 6.66. The summed E-state index contributed by atoms with van der Waals surface area (Å²) in [4.78, 5) is 0. The largest absolute Gasteiger partial charge is 0.463 e. The lowest BCUT2D eigenvalue weighted by molar-refractivity contribution is 0.474. The molecule has 28 heavy (non-hydrogen) atoms. The first-order valence-corrected chi connectivity index (χ1v) is 9.88. The maximum atomic E-state index is 6.25. The van der Waals surface area contributed by atoms with E-state index in [4.69, 9.17) is 13.9 Å². The minimum atomic E-state index is -0.0216. The van der Waals surface area contributed by atoms with Gasteiger partial charge in [0.25, 0.3) is 0 Å². The molecule has 0 saturated heterocycles. The fourth-order valence-corrected chi connectivity index (χ4v) is 3.71. The van der Waals surface area contributed by atoms with Gasteiger partial charge in [-0.1, -0.05) is 46.3 Å². The van der Waals surface area contributed by atoms with Gasteiger partial charge in [0.2, 0.25) is 0 Å². The molecule has 1 aliphatic rings. The topological polar surface area (TPSA) is 41.9 Å². The molecule has 0 bridgehead atoms. The normalized spacial score (nSPS) is 16.4. The Bertz CT molecular complexity index is 1100. The molecule has 3 heterocycles. The van der Waals surface area contributed by atoms with Gasteiger partial charge in [-0.05, 0) is 48.5 Å². The molecule has 2 aromatic carbocycles. The third kappa shape index (κ3) is 3.18. The highest BCUT2D eigenvalue weighted by molar-refractivity contribution is 9.10. The van der Waals surface area contributed by atoms with Gasteiger partial charge in [-0.3, -0.25) is 5.01 Å². The van der Waals surface area contributed by atoms with E-state index in [0.717, 1.165) is 45.1 Å². The van der Waals surface area contributed by atoms with Crippen LogP contribution in [-0.4, -0.2) is 5.71 Å². The van der Waals surface area contributed by atoms with Crippen LogP contribution in [0.2, 0.25) is 0 Å². The molecule has 2 aromatic heterocycles. The average molecular weight is 433 g/mol. The Hall–Kier alpha value is -3.05. The van der Waals surface area contributed by atoms with Gasteiger partial charge in [0.1, 0.15) is 29.0 Å². The van der Waals surface area contributed by atoms with Crippen LogP contribution >= 0.6 is 15.9 Å². The molecular formula is C23H17BrN2O2. The molecule has 4 nitrogen and oxygen atoms in total. The van der Waals surface area contributed by atoms with Gasteiger partial charge in [-0.2, -0.15) is 5.10 Å². The summed E-state index contributed by atoms with van der Waals surface area (Å²) in [5.41, 5.74) is 2.99. The number of rotatable bonds is 4. The first-order chi connectivity index (χ1) is 13.8. The zero-order chi connectivity index (χ0) is 18.9. The first-order valence-electron chi connectivity index (χ1n) is 9.09. The summed E-state index contributed by atoms with van der Waals surface area (Å²) in [6.07, 6.45) is 2.40. The highest BCUT2D eigenvalue weighted by Gasteiger charge is 2.33. The standard InChI is InChI=1S/C23H17BrN2O2/c24-17-10-8-16(9-11-17)21-12-13-23(28-21)20-15-19(22-7-4-14-27-22)25-26(20)18-5-2-1-3-6-18/h1-14,20H,15H2. The van der Waals surface area contributed by atoms with E-state index in [1.165, 1.54) is 0 Å². The second kappa shape index (κ2) is 7.17. The predicted molar refractivity (Wildman–Crippen MR) is 113 cm³/mol. The molecule has 0 amide bonds. The maximum Gasteiger partial charge on any atom is 0.149 e. The van der Waals surface area contributed by atoms with E-state index in [-0.39, 0.29) is 6.04 Å². The van der Waals surface area contributed by atoms with E-state index < -0.39 is 0 Å². The number of hydrogen-bond acceptors (Lipinski definition) is 4. The monoisotopic (exact) mass is 432 g/mol. The molecule has 0 spiro atoms. The second-order valence-electron chi connectivity index (χ2n) is 6.63. The fraction of sp³-hybridized carbons (Fsp3) is 0.0870. The molecular weight excluding hydrogens is 416 g/mol. The number of hydrogen-bond donors (Lipinski definition) is 0. The van der Waals surface area contributed by atoms with Gasteiger partial charge in [-0.15, -0.1) is 0 Å². The SMILES string of the molecule is Brc1ccc(-c2ccc(C3CC(c4ccco4)=NN3c3ccccc3)o2)cc1. The van der Waals surface area contributed by atoms with Crippen molar-refractivity contribution in [1.82, 2.24) is 0 Å². The van der Waals surface area contributed by atoms with Crippen LogP contribution in [0.3, 0.4) is 0 Å². The summed E-state index contributed by atoms with van der Waals surface area (Å²) in [5, 5.41) is 6.86. The first kappa shape index (κ1) is 17.1. The summed E-state index contributed by atoms with van der Waals surface area (Å²) >= 11 is 3.47. The Morgan fingerprint density at radius 2 is 1.68 bits per heavy atom. The lowest BCUT2D eigenvalue weighted by Gasteiger charge is -2.21. The van der Waals surface area contributed by atoms with Crippen molar-refractivity contribution in [3.8, 4) is 11.3 Å². The maximum absolute atomic E-state index is 6.25. The number of anilines is 1. The van der Waals surface area contributed by atoms with Gasteiger partial charge in [0.15, 0.2) is 0 Å². The van der Waals surface area contributed by atoms with Crippen LogP contribution in [-0.2, 0) is 0 Å². The van der Waals surface area contributed by atoms with E-state index in [9.17, 15) is 0 Å². The summed E-state index contributed by atoms with van der Waals surface area (Å²) < 4.78 is 12.9. The number of nitrogens with zero attached hydrogens (tertiary/aromatic N) is 2. The zero-order valence-electron chi connectivity index (χ0n) is 15.0. The number of hydrazone groups is 1. The van der Waals surface area contributed by atoms with Crippen LogP contribution in [0.5, 0.6) is 0 Å². The molecule has 0 N–H and O–H groups in total. The fourth-order valence-electron chi connectivity index (χ4n) is 3.44. The molecule has 0 aliphatic carbocycles. The van der Waals surface area contributed by atoms with Crippen molar-refractivity contribution in [2.75, 3.05) is 5.01 Å². The highest BCUT2D eigenvalue weighted by atomic mass is 79.9. The van der Waals surface area contributed by atoms with Gasteiger partial charge in [0, 0.05) is 16.5 Å². The van der Waals surface area contributed by atoms with E-state index in [2.05, 4.69) is 28.1 Å². The van der Waals surface area contributed by atoms with Crippen molar-refractivity contribution in [2.45, 2.75) is 12.5 Å². The Balaban J connectivity index is 1.50. The number of halogens is 1. The van der Waals surface area contributed by atoms with E-state index in [1.807, 2.05) is 71.7 Å². The summed E-state index contributed by atoms with van der Waals surface area (Å²) in [7, 11) is 0. The third-order valence-corrected chi connectivity index (χ3v) is 5.35. The van der Waals surface area contributed by atoms with Gasteiger partial charge in [-0.25, -0.2) is 0 Å². The summed E-state index contributed by atoms with van der Waals surface area (Å²) in [6, 6.07) is 26.1. The minimum absolute atomic E-state index is 0.0216. The second-order valence-corrected chi connectivity index (χ2v) is 7.55. The van der Waals surface area contributed by atoms with E-state index in [1.54, 1.807) is 6.26 Å². The molecule has 1 unspecified atom stereocenters. The molecule has 0 saturated carbocycles. The molecule has 0 fully saturated rings. The summed E-state index contributed by atoms with van der Waals surface area (Å²) in [5.74, 6) is 2.53. The molecule has 1 aliphatic heterocycles. The zero-order valence-corrected chi connectivity index (χ0v) is 16.5. The average Bonchev–Trinajstić information content (AvgIpc) is 3.48. The molecule has 4 aromatic rings. The van der Waals surface area contributed by atoms with E-state index >= 15 is 0 Å². The Morgan fingerprint density at radius 3 is 2.43 bits per heavy atom. The number of benzene rings is 2. The number of para-hydroxylation sites is 1. The molecule has 5 rings (SSSR count). The van der Waals surface area contributed by atoms with Crippen molar-refractivity contribution < 1.29 is 8.83 Å². The molecule has 1 atom stereocenters. The van der Waals surface area contributed by atoms with Gasteiger partial charge < -0.3 is 8.83 Å². The van der Waals surface area contributed by atoms with Crippen LogP contribution in [0.1, 0.15) is 24.0 Å². The van der Waals surface area contributed by atoms with Crippen LogP contribution < -0.4 is 5.01 Å². The van der Waals surface area contributed by atoms with Crippen molar-refractivity contribution in [1.29, 1.82) is 0 Å². The third-order valence-electron chi connectivity index (χ3n) is 4.82. The van der Waals surface area contributed by atoms with Crippen LogP contribution in [0.15, 0.2) is 104 Å². The van der Waals surface area contributed by atoms with Crippen molar-refractivity contribution in [2.24, 2.45) is 5.10 Å². The minimum Gasteiger partial charge on any atom is -0.463 e. The Kier molecular flexibility index (Phi) is 4.37. The van der Waals surface area contributed by atoms with Crippen LogP contribution in [0.25, 0.3) is 11.3 Å². The lowest BCUT2D eigenvalue weighted by Crippen LogP contribution is -2.17. The number of furan rings is 2. The summed E-state index contributed by atoms with van der Waals surface area (Å²) in [6.45, 7) is 0. The highest BCUT2D eigenvalue weighted by Crippen LogP contribution is 2.38. The van der Waals surface area contributed by atoms with Crippen LogP contribution in [0, 0.1) is 0 Å². The van der Waals surface area contributed by atoms with Gasteiger partial charge in [0.05, 0.1) is 12.0 Å². The molecule has 5 heteroatoms. The van der Waals surface area contributed by atoms with E-state index in [0.29, 0.717) is 0 Å². The van der Waals surface area contributed by atoms with Crippen molar-refractivity contribution >= 4 is 27.3 Å². The van der Waals surface area contributed by atoms with Crippen molar-refractivity contribution in [3.63, 3.8) is 0 Å². The smallest absolute Gasteiger partial charge is 0.149 e. The lowest BCUT2D eigenvalue weighted by atomic mass is 10.1. The van der Waals surface area contributed by atoms with Crippen LogP contribution in [0.4, 0.5) is 5.69 Å². The van der Waals surface area contributed by atoms with Crippen molar-refractivity contribution in [3.05, 3.63) is 101 Å². The Morgan fingerprint density at radius 1 is 0.857 bits per heavy atom. The van der Waals surface area contributed by atoms with Gasteiger partial charge >= 0.3 is 0 Å². The molecule has 0 radical (unpaired) electrons. The molecule has 138 valence electrons. The Labute approximate surface area is 171 Å². The quantitative estimate of drug-likeness (QED) is 0.362.